The number of benzene rings is 2. The molecule has 2 aromatic carbocycles. The Morgan fingerprint density at radius 1 is 1.16 bits per heavy atom. The van der Waals surface area contributed by atoms with Gasteiger partial charge in [0.25, 0.3) is 0 Å². The molecule has 5 nitrogen and oxygen atoms in total. The fraction of sp³-hybridized carbons (Fsp3) is 0.182. The highest BCUT2D eigenvalue weighted by atomic mass is 79.9. The Balaban J connectivity index is 1.72. The van der Waals surface area contributed by atoms with Crippen molar-refractivity contribution in [3.63, 3.8) is 0 Å². The van der Waals surface area contributed by atoms with E-state index in [1.54, 1.807) is 18.2 Å². The Bertz CT molecular complexity index is 1090. The highest BCUT2D eigenvalue weighted by molar-refractivity contribution is 9.10. The molecule has 0 bridgehead atoms. The van der Waals surface area contributed by atoms with E-state index in [-0.39, 0.29) is 12.4 Å². The van der Waals surface area contributed by atoms with Crippen LogP contribution in [0.4, 0.5) is 19.0 Å². The summed E-state index contributed by atoms with van der Waals surface area (Å²) in [6, 6.07) is 13.0. The third-order valence-electron chi connectivity index (χ3n) is 4.15. The average molecular weight is 529 g/mol. The van der Waals surface area contributed by atoms with Crippen LogP contribution < -0.4 is 14.9 Å². The largest absolute Gasteiger partial charge is 0.490 e. The molecule has 3 rings (SSSR count). The summed E-state index contributed by atoms with van der Waals surface area (Å²) in [6.45, 7) is 2.53. The normalized spacial score (nSPS) is 11.6. The lowest BCUT2D eigenvalue weighted by Gasteiger charge is -2.15. The Morgan fingerprint density at radius 3 is 2.59 bits per heavy atom. The maximum Gasteiger partial charge on any atom is 0.417 e. The molecule has 3 aromatic rings. The van der Waals surface area contributed by atoms with Gasteiger partial charge in [-0.05, 0) is 58.7 Å². The lowest BCUT2D eigenvalue weighted by Crippen LogP contribution is -2.05. The first kappa shape index (κ1) is 23.9. The molecule has 0 saturated heterocycles. The molecule has 0 fully saturated rings. The van der Waals surface area contributed by atoms with Crippen LogP contribution in [0.3, 0.4) is 0 Å². The van der Waals surface area contributed by atoms with Crippen LogP contribution in [0.25, 0.3) is 0 Å². The van der Waals surface area contributed by atoms with Gasteiger partial charge in [0.05, 0.1) is 22.9 Å². The van der Waals surface area contributed by atoms with Crippen molar-refractivity contribution in [2.24, 2.45) is 5.10 Å². The summed E-state index contributed by atoms with van der Waals surface area (Å²) in [5.74, 6) is 1.20. The van der Waals surface area contributed by atoms with Gasteiger partial charge >= 0.3 is 6.18 Å². The number of hydrogen-bond donors (Lipinski definition) is 1. The van der Waals surface area contributed by atoms with E-state index in [0.717, 1.165) is 17.8 Å². The molecule has 0 aliphatic rings. The molecule has 1 heterocycles. The van der Waals surface area contributed by atoms with Gasteiger partial charge in [-0.25, -0.2) is 4.98 Å². The second-order valence-electron chi connectivity index (χ2n) is 6.44. The smallest absolute Gasteiger partial charge is 0.417 e. The van der Waals surface area contributed by atoms with E-state index in [2.05, 4.69) is 31.4 Å². The molecule has 1 aromatic heterocycles. The van der Waals surface area contributed by atoms with Crippen LogP contribution in [0.5, 0.6) is 11.5 Å². The number of nitrogens with one attached hydrogen (secondary N) is 1. The van der Waals surface area contributed by atoms with Crippen LogP contribution in [-0.4, -0.2) is 17.8 Å². The van der Waals surface area contributed by atoms with Gasteiger partial charge in [0.2, 0.25) is 0 Å². The van der Waals surface area contributed by atoms with Crippen molar-refractivity contribution in [3.8, 4) is 11.5 Å². The summed E-state index contributed by atoms with van der Waals surface area (Å²) in [7, 11) is 0. The van der Waals surface area contributed by atoms with Crippen molar-refractivity contribution in [1.29, 1.82) is 0 Å². The zero-order valence-corrected chi connectivity index (χ0v) is 19.1. The maximum absolute atomic E-state index is 12.6. The van der Waals surface area contributed by atoms with Gasteiger partial charge in [-0.1, -0.05) is 29.8 Å². The molecule has 0 saturated carbocycles. The van der Waals surface area contributed by atoms with Crippen LogP contribution in [0.2, 0.25) is 5.02 Å². The van der Waals surface area contributed by atoms with Crippen LogP contribution in [0, 0.1) is 0 Å². The van der Waals surface area contributed by atoms with Gasteiger partial charge in [-0.15, -0.1) is 0 Å². The first-order chi connectivity index (χ1) is 15.3. The Hall–Kier alpha value is -2.78. The second kappa shape index (κ2) is 10.7. The molecule has 0 aliphatic carbocycles. The molecular formula is C22H18BrClF3N3O2. The van der Waals surface area contributed by atoms with E-state index in [9.17, 15) is 13.2 Å². The Labute approximate surface area is 196 Å². The van der Waals surface area contributed by atoms with Crippen molar-refractivity contribution in [3.05, 3.63) is 80.9 Å². The summed E-state index contributed by atoms with van der Waals surface area (Å²) < 4.78 is 50.1. The van der Waals surface area contributed by atoms with Crippen LogP contribution in [-0.2, 0) is 12.8 Å². The SMILES string of the molecule is CCOc1cc(/C=N\Nc2ccc(C(F)(F)F)cn2)cc(Br)c1OCc1ccccc1Cl. The molecule has 32 heavy (non-hydrogen) atoms. The molecule has 0 radical (unpaired) electrons. The number of aromatic nitrogens is 1. The number of rotatable bonds is 8. The third-order valence-corrected chi connectivity index (χ3v) is 5.10. The fourth-order valence-corrected chi connectivity index (χ4v) is 3.40. The van der Waals surface area contributed by atoms with E-state index in [0.29, 0.717) is 33.2 Å². The quantitative estimate of drug-likeness (QED) is 0.254. The first-order valence-electron chi connectivity index (χ1n) is 9.42. The predicted molar refractivity (Wildman–Crippen MR) is 122 cm³/mol. The second-order valence-corrected chi connectivity index (χ2v) is 7.70. The minimum atomic E-state index is -4.44. The standard InChI is InChI=1S/C22H18BrClF3N3O2/c1-2-31-19-10-14(11-29-30-20-8-7-16(12-28-20)22(25,26)27)9-17(23)21(19)32-13-15-5-3-4-6-18(15)24/h3-12H,2,13H2,1H3,(H,28,30)/b29-11-. The summed E-state index contributed by atoms with van der Waals surface area (Å²) in [5, 5.41) is 4.63. The lowest BCUT2D eigenvalue weighted by molar-refractivity contribution is -0.137. The molecular weight excluding hydrogens is 511 g/mol. The number of nitrogens with zero attached hydrogens (tertiary/aromatic N) is 2. The molecule has 1 N–H and O–H groups in total. The number of alkyl halides is 3. The maximum atomic E-state index is 12.6. The number of hydrazone groups is 1. The summed E-state index contributed by atoms with van der Waals surface area (Å²) in [4.78, 5) is 3.71. The summed E-state index contributed by atoms with van der Waals surface area (Å²) in [6.07, 6.45) is -2.20. The topological polar surface area (TPSA) is 55.7 Å². The Kier molecular flexibility index (Phi) is 7.98. The van der Waals surface area contributed by atoms with Gasteiger partial charge in [0.1, 0.15) is 12.4 Å². The molecule has 168 valence electrons. The van der Waals surface area contributed by atoms with E-state index in [4.69, 9.17) is 21.1 Å². The van der Waals surface area contributed by atoms with Gasteiger partial charge in [0, 0.05) is 16.8 Å². The van der Waals surface area contributed by atoms with Crippen molar-refractivity contribution in [1.82, 2.24) is 4.98 Å². The molecule has 0 unspecified atom stereocenters. The molecule has 0 spiro atoms. The van der Waals surface area contributed by atoms with Crippen molar-refractivity contribution in [2.45, 2.75) is 19.7 Å². The molecule has 10 heteroatoms. The summed E-state index contributed by atoms with van der Waals surface area (Å²) >= 11 is 9.67. The number of anilines is 1. The molecule has 0 atom stereocenters. The summed E-state index contributed by atoms with van der Waals surface area (Å²) in [5.41, 5.74) is 3.28. The zero-order chi connectivity index (χ0) is 23.1. The first-order valence-corrected chi connectivity index (χ1v) is 10.6. The zero-order valence-electron chi connectivity index (χ0n) is 16.8. The minimum Gasteiger partial charge on any atom is -0.490 e. The minimum absolute atomic E-state index is 0.179. The van der Waals surface area contributed by atoms with Crippen LogP contribution >= 0.6 is 27.5 Å². The van der Waals surface area contributed by atoms with E-state index < -0.39 is 11.7 Å². The van der Waals surface area contributed by atoms with Gasteiger partial charge in [0.15, 0.2) is 11.5 Å². The number of hydrogen-bond acceptors (Lipinski definition) is 5. The predicted octanol–water partition coefficient (Wildman–Crippen LogP) is 6.94. The van der Waals surface area contributed by atoms with Crippen molar-refractivity contribution in [2.75, 3.05) is 12.0 Å². The Morgan fingerprint density at radius 2 is 1.94 bits per heavy atom. The molecule has 0 amide bonds. The average Bonchev–Trinajstić information content (AvgIpc) is 2.74. The van der Waals surface area contributed by atoms with E-state index in [1.165, 1.54) is 12.3 Å². The number of pyridine rings is 1. The van der Waals surface area contributed by atoms with Crippen molar-refractivity contribution >= 4 is 39.6 Å². The monoisotopic (exact) mass is 527 g/mol. The fourth-order valence-electron chi connectivity index (χ4n) is 2.63. The lowest BCUT2D eigenvalue weighted by atomic mass is 10.2. The highest BCUT2D eigenvalue weighted by Gasteiger charge is 2.30. The number of ether oxygens (including phenoxy) is 2. The molecule has 0 aliphatic heterocycles. The highest BCUT2D eigenvalue weighted by Crippen LogP contribution is 2.37. The van der Waals surface area contributed by atoms with E-state index in [1.807, 2.05) is 25.1 Å². The van der Waals surface area contributed by atoms with Gasteiger partial charge in [-0.2, -0.15) is 18.3 Å². The van der Waals surface area contributed by atoms with Gasteiger partial charge < -0.3 is 9.47 Å². The van der Waals surface area contributed by atoms with Gasteiger partial charge in [-0.3, -0.25) is 5.43 Å². The van der Waals surface area contributed by atoms with Crippen LogP contribution in [0.15, 0.2) is 64.3 Å². The number of halogens is 5. The van der Waals surface area contributed by atoms with Crippen LogP contribution in [0.1, 0.15) is 23.6 Å². The van der Waals surface area contributed by atoms with E-state index >= 15 is 0 Å². The van der Waals surface area contributed by atoms with Crippen molar-refractivity contribution < 1.29 is 22.6 Å². The third kappa shape index (κ3) is 6.37.